The molecule has 0 radical (unpaired) electrons. The molecule has 0 aromatic heterocycles. The highest BCUT2D eigenvalue weighted by molar-refractivity contribution is 7.87. The van der Waals surface area contributed by atoms with Gasteiger partial charge in [0.05, 0.1) is 12.2 Å². The lowest BCUT2D eigenvalue weighted by Gasteiger charge is -2.25. The molecule has 1 atom stereocenters. The van der Waals surface area contributed by atoms with E-state index in [0.717, 1.165) is 12.8 Å². The minimum Gasteiger partial charge on any atom is -0.393 e. The normalized spacial score (nSPS) is 16.1. The van der Waals surface area contributed by atoms with Crippen LogP contribution < -0.4 is 4.72 Å². The van der Waals surface area contributed by atoms with E-state index < -0.39 is 22.4 Å². The van der Waals surface area contributed by atoms with Crippen LogP contribution in [0, 0.1) is 0 Å². The molecule has 0 aromatic carbocycles. The number of nitrogens with one attached hydrogen (secondary N) is 1. The first-order chi connectivity index (χ1) is 7.79. The lowest BCUT2D eigenvalue weighted by Crippen LogP contribution is -2.48. The minimum absolute atomic E-state index is 0.199. The average molecular weight is 268 g/mol. The summed E-state index contributed by atoms with van der Waals surface area (Å²) >= 11 is 0. The molecule has 7 heteroatoms. The lowest BCUT2D eigenvalue weighted by atomic mass is 10.1. The maximum absolute atomic E-state index is 11.9. The van der Waals surface area contributed by atoms with Crippen LogP contribution in [0.1, 0.15) is 33.6 Å². The zero-order valence-corrected chi connectivity index (χ0v) is 11.6. The average Bonchev–Trinajstić information content (AvgIpc) is 2.27. The van der Waals surface area contributed by atoms with Crippen LogP contribution in [0.3, 0.4) is 0 Å². The Morgan fingerprint density at radius 3 is 2.06 bits per heavy atom. The van der Waals surface area contributed by atoms with Crippen LogP contribution in [-0.2, 0) is 10.2 Å². The van der Waals surface area contributed by atoms with Crippen molar-refractivity contribution in [2.24, 2.45) is 0 Å². The van der Waals surface area contributed by atoms with Gasteiger partial charge in [-0.2, -0.15) is 17.4 Å². The SMILES string of the molecule is CCCN(CCC)S(=O)(=O)NCC(C)(O)CO. The number of hydrogen-bond donors (Lipinski definition) is 3. The number of aliphatic hydroxyl groups excluding tert-OH is 1. The van der Waals surface area contributed by atoms with Crippen molar-refractivity contribution in [3.63, 3.8) is 0 Å². The van der Waals surface area contributed by atoms with E-state index in [1.54, 1.807) is 0 Å². The molecule has 6 nitrogen and oxygen atoms in total. The van der Waals surface area contributed by atoms with E-state index in [1.807, 2.05) is 13.8 Å². The van der Waals surface area contributed by atoms with Gasteiger partial charge in [0, 0.05) is 19.6 Å². The summed E-state index contributed by atoms with van der Waals surface area (Å²) in [5.41, 5.74) is -1.43. The summed E-state index contributed by atoms with van der Waals surface area (Å²) in [5.74, 6) is 0. The Hall–Kier alpha value is -0.210. The van der Waals surface area contributed by atoms with Crippen molar-refractivity contribution < 1.29 is 18.6 Å². The van der Waals surface area contributed by atoms with E-state index in [9.17, 15) is 13.5 Å². The molecule has 0 spiro atoms. The third-order valence-electron chi connectivity index (χ3n) is 2.26. The molecule has 1 unspecified atom stereocenters. The first kappa shape index (κ1) is 16.8. The van der Waals surface area contributed by atoms with Crippen LogP contribution >= 0.6 is 0 Å². The van der Waals surface area contributed by atoms with E-state index >= 15 is 0 Å². The van der Waals surface area contributed by atoms with E-state index in [2.05, 4.69) is 4.72 Å². The Kier molecular flexibility index (Phi) is 7.18. The zero-order valence-electron chi connectivity index (χ0n) is 10.8. The molecule has 3 N–H and O–H groups in total. The number of nitrogens with zero attached hydrogens (tertiary/aromatic N) is 1. The van der Waals surface area contributed by atoms with Gasteiger partial charge >= 0.3 is 0 Å². The van der Waals surface area contributed by atoms with Gasteiger partial charge in [-0.15, -0.1) is 0 Å². The van der Waals surface area contributed by atoms with E-state index in [-0.39, 0.29) is 6.54 Å². The summed E-state index contributed by atoms with van der Waals surface area (Å²) < 4.78 is 27.4. The number of aliphatic hydroxyl groups is 2. The Morgan fingerprint density at radius 2 is 1.71 bits per heavy atom. The summed E-state index contributed by atoms with van der Waals surface area (Å²) in [7, 11) is -3.58. The van der Waals surface area contributed by atoms with Crippen molar-refractivity contribution in [2.45, 2.75) is 39.2 Å². The number of rotatable bonds is 9. The highest BCUT2D eigenvalue weighted by atomic mass is 32.2. The third kappa shape index (κ3) is 6.32. The molecule has 0 aliphatic rings. The topological polar surface area (TPSA) is 89.9 Å². The molecule has 0 fully saturated rings. The molecule has 104 valence electrons. The van der Waals surface area contributed by atoms with Crippen molar-refractivity contribution in [1.82, 2.24) is 9.03 Å². The summed E-state index contributed by atoms with van der Waals surface area (Å²) in [6, 6.07) is 0. The van der Waals surface area contributed by atoms with Crippen molar-refractivity contribution in [2.75, 3.05) is 26.2 Å². The van der Waals surface area contributed by atoms with E-state index in [4.69, 9.17) is 5.11 Å². The maximum atomic E-state index is 11.9. The number of hydrogen-bond acceptors (Lipinski definition) is 4. The summed E-state index contributed by atoms with van der Waals surface area (Å²) in [4.78, 5) is 0. The largest absolute Gasteiger partial charge is 0.393 e. The molecule has 0 saturated heterocycles. The van der Waals surface area contributed by atoms with E-state index in [1.165, 1.54) is 11.2 Å². The Labute approximate surface area is 104 Å². The molecule has 0 aliphatic heterocycles. The fourth-order valence-electron chi connectivity index (χ4n) is 1.24. The van der Waals surface area contributed by atoms with Gasteiger partial charge in [0.25, 0.3) is 10.2 Å². The molecule has 17 heavy (non-hydrogen) atoms. The Bertz CT molecular complexity index is 297. The second-order valence-corrected chi connectivity index (χ2v) is 6.14. The van der Waals surface area contributed by atoms with Gasteiger partial charge in [0.15, 0.2) is 0 Å². The lowest BCUT2D eigenvalue weighted by molar-refractivity contribution is 0.00653. The summed E-state index contributed by atoms with van der Waals surface area (Å²) in [6.45, 7) is 5.39. The summed E-state index contributed by atoms with van der Waals surface area (Å²) in [6.07, 6.45) is 1.47. The first-order valence-electron chi connectivity index (χ1n) is 5.87. The van der Waals surface area contributed by atoms with E-state index in [0.29, 0.717) is 13.1 Å². The maximum Gasteiger partial charge on any atom is 0.279 e. The molecule has 0 heterocycles. The van der Waals surface area contributed by atoms with Gasteiger partial charge in [-0.1, -0.05) is 13.8 Å². The predicted octanol–water partition coefficient (Wildman–Crippen LogP) is -0.314. The molecule has 0 amide bonds. The van der Waals surface area contributed by atoms with Crippen LogP contribution in [0.2, 0.25) is 0 Å². The van der Waals surface area contributed by atoms with Crippen molar-refractivity contribution in [3.05, 3.63) is 0 Å². The van der Waals surface area contributed by atoms with Crippen LogP contribution in [-0.4, -0.2) is 54.8 Å². The van der Waals surface area contributed by atoms with Crippen LogP contribution in [0.25, 0.3) is 0 Å². The fraction of sp³-hybridized carbons (Fsp3) is 1.00. The van der Waals surface area contributed by atoms with Crippen molar-refractivity contribution in [3.8, 4) is 0 Å². The van der Waals surface area contributed by atoms with Gasteiger partial charge < -0.3 is 10.2 Å². The van der Waals surface area contributed by atoms with Crippen molar-refractivity contribution >= 4 is 10.2 Å². The van der Waals surface area contributed by atoms with Crippen molar-refractivity contribution in [1.29, 1.82) is 0 Å². The quantitative estimate of drug-likeness (QED) is 0.535. The molecule has 0 aliphatic carbocycles. The highest BCUT2D eigenvalue weighted by Crippen LogP contribution is 2.04. The minimum atomic E-state index is -3.58. The van der Waals surface area contributed by atoms with Gasteiger partial charge in [0.2, 0.25) is 0 Å². The standard InChI is InChI=1S/C10H24N2O4S/c1-4-6-12(7-5-2)17(15,16)11-8-10(3,14)9-13/h11,13-14H,4-9H2,1-3H3. The predicted molar refractivity (Wildman–Crippen MR) is 66.8 cm³/mol. The van der Waals surface area contributed by atoms with Gasteiger partial charge in [-0.3, -0.25) is 0 Å². The zero-order chi connectivity index (χ0) is 13.5. The smallest absolute Gasteiger partial charge is 0.279 e. The summed E-state index contributed by atoms with van der Waals surface area (Å²) in [5, 5.41) is 18.4. The van der Waals surface area contributed by atoms with Gasteiger partial charge in [-0.05, 0) is 19.8 Å². The first-order valence-corrected chi connectivity index (χ1v) is 7.31. The molecular formula is C10H24N2O4S. The molecule has 0 aromatic rings. The molecular weight excluding hydrogens is 244 g/mol. The van der Waals surface area contributed by atoms with Gasteiger partial charge in [-0.25, -0.2) is 0 Å². The van der Waals surface area contributed by atoms with Crippen LogP contribution in [0.4, 0.5) is 0 Å². The second-order valence-electron chi connectivity index (χ2n) is 4.38. The molecule has 0 saturated carbocycles. The van der Waals surface area contributed by atoms with Crippen LogP contribution in [0.5, 0.6) is 0 Å². The molecule has 0 rings (SSSR count). The highest BCUT2D eigenvalue weighted by Gasteiger charge is 2.25. The molecule has 0 bridgehead atoms. The fourth-order valence-corrected chi connectivity index (χ4v) is 2.77. The Balaban J connectivity index is 4.52. The van der Waals surface area contributed by atoms with Gasteiger partial charge in [0.1, 0.15) is 0 Å². The monoisotopic (exact) mass is 268 g/mol. The Morgan fingerprint density at radius 1 is 1.24 bits per heavy atom. The van der Waals surface area contributed by atoms with Crippen LogP contribution in [0.15, 0.2) is 0 Å². The third-order valence-corrected chi connectivity index (χ3v) is 3.82. The second kappa shape index (κ2) is 7.27.